The van der Waals surface area contributed by atoms with Gasteiger partial charge in [-0.15, -0.1) is 11.3 Å². The van der Waals surface area contributed by atoms with Gasteiger partial charge < -0.3 is 19.5 Å². The molecule has 7 nitrogen and oxygen atoms in total. The molecule has 25 heavy (non-hydrogen) atoms. The molecule has 0 aliphatic rings. The Morgan fingerprint density at radius 3 is 2.32 bits per heavy atom. The van der Waals surface area contributed by atoms with Crippen molar-refractivity contribution >= 4 is 28.2 Å². The van der Waals surface area contributed by atoms with Crippen molar-refractivity contribution in [2.24, 2.45) is 4.99 Å². The van der Waals surface area contributed by atoms with Crippen LogP contribution in [0.1, 0.15) is 17.3 Å². The molecule has 0 radical (unpaired) electrons. The predicted molar refractivity (Wildman–Crippen MR) is 99.5 cm³/mol. The fraction of sp³-hybridized carbons (Fsp3) is 0.294. The van der Waals surface area contributed by atoms with E-state index in [0.717, 1.165) is 5.00 Å². The molecule has 0 spiro atoms. The molecular formula is C17H21N3O4S. The third kappa shape index (κ3) is 4.63. The number of carbonyl (C=O) groups is 1. The quantitative estimate of drug-likeness (QED) is 0.609. The number of anilines is 1. The molecule has 0 aliphatic heterocycles. The van der Waals surface area contributed by atoms with E-state index < -0.39 is 0 Å². The molecule has 1 amide bonds. The maximum absolute atomic E-state index is 12.6. The number of methoxy groups -OCH3 is 3. The lowest BCUT2D eigenvalue weighted by Crippen LogP contribution is -2.36. The Morgan fingerprint density at radius 2 is 1.84 bits per heavy atom. The lowest BCUT2D eigenvalue weighted by Gasteiger charge is -2.15. The summed E-state index contributed by atoms with van der Waals surface area (Å²) in [5.41, 5.74) is 0.367. The fourth-order valence-electron chi connectivity index (χ4n) is 2.13. The molecule has 0 saturated heterocycles. The fourth-order valence-corrected chi connectivity index (χ4v) is 2.74. The third-order valence-corrected chi connectivity index (χ3v) is 4.02. The SMILES string of the molecule is CCN=C(NC(=O)c1cc(OC)c(OC)c(OC)c1)Nc1cccs1. The van der Waals surface area contributed by atoms with Crippen molar-refractivity contribution in [1.82, 2.24) is 5.32 Å². The van der Waals surface area contributed by atoms with Crippen LogP contribution in [0.3, 0.4) is 0 Å². The van der Waals surface area contributed by atoms with Gasteiger partial charge in [0.15, 0.2) is 11.5 Å². The molecule has 1 aromatic heterocycles. The first-order valence-corrected chi connectivity index (χ1v) is 8.47. The van der Waals surface area contributed by atoms with E-state index in [1.54, 1.807) is 12.1 Å². The number of thiophene rings is 1. The van der Waals surface area contributed by atoms with Gasteiger partial charge in [-0.25, -0.2) is 0 Å². The molecule has 8 heteroatoms. The molecular weight excluding hydrogens is 342 g/mol. The molecule has 2 N–H and O–H groups in total. The topological polar surface area (TPSA) is 81.2 Å². The summed E-state index contributed by atoms with van der Waals surface area (Å²) < 4.78 is 15.8. The number of hydrogen-bond acceptors (Lipinski definition) is 6. The van der Waals surface area contributed by atoms with Crippen molar-refractivity contribution in [3.05, 3.63) is 35.2 Å². The van der Waals surface area contributed by atoms with Crippen LogP contribution >= 0.6 is 11.3 Å². The van der Waals surface area contributed by atoms with E-state index in [0.29, 0.717) is 35.3 Å². The van der Waals surface area contributed by atoms with E-state index >= 15 is 0 Å². The lowest BCUT2D eigenvalue weighted by atomic mass is 10.1. The van der Waals surface area contributed by atoms with Crippen LogP contribution in [0.4, 0.5) is 5.00 Å². The van der Waals surface area contributed by atoms with E-state index in [-0.39, 0.29) is 5.91 Å². The van der Waals surface area contributed by atoms with E-state index in [9.17, 15) is 4.79 Å². The molecule has 0 bridgehead atoms. The van der Waals surface area contributed by atoms with Crippen LogP contribution < -0.4 is 24.8 Å². The third-order valence-electron chi connectivity index (χ3n) is 3.24. The zero-order valence-corrected chi connectivity index (χ0v) is 15.4. The van der Waals surface area contributed by atoms with Crippen molar-refractivity contribution < 1.29 is 19.0 Å². The normalized spacial score (nSPS) is 11.0. The Bertz CT molecular complexity index is 719. The van der Waals surface area contributed by atoms with Gasteiger partial charge in [0.2, 0.25) is 11.7 Å². The first kappa shape index (κ1) is 18.6. The smallest absolute Gasteiger partial charge is 0.258 e. The van der Waals surface area contributed by atoms with Gasteiger partial charge in [0.05, 0.1) is 26.3 Å². The Balaban J connectivity index is 2.25. The summed E-state index contributed by atoms with van der Waals surface area (Å²) in [5, 5.41) is 8.68. The van der Waals surface area contributed by atoms with Crippen LogP contribution in [-0.4, -0.2) is 39.7 Å². The molecule has 134 valence electrons. The summed E-state index contributed by atoms with van der Waals surface area (Å²) in [6.07, 6.45) is 0. The van der Waals surface area contributed by atoms with Gasteiger partial charge >= 0.3 is 0 Å². The van der Waals surface area contributed by atoms with E-state index in [1.807, 2.05) is 24.4 Å². The number of guanidine groups is 1. The first-order chi connectivity index (χ1) is 12.1. The number of rotatable bonds is 6. The number of carbonyl (C=O) groups excluding carboxylic acids is 1. The minimum absolute atomic E-state index is 0.337. The second-order valence-electron chi connectivity index (χ2n) is 4.79. The summed E-state index contributed by atoms with van der Waals surface area (Å²) in [5.74, 6) is 1.29. The average molecular weight is 363 g/mol. The number of benzene rings is 1. The first-order valence-electron chi connectivity index (χ1n) is 7.59. The average Bonchev–Trinajstić information content (AvgIpc) is 3.13. The highest BCUT2D eigenvalue weighted by Crippen LogP contribution is 2.38. The van der Waals surface area contributed by atoms with Gasteiger partial charge in [0.25, 0.3) is 5.91 Å². The van der Waals surface area contributed by atoms with Crippen LogP contribution in [0.2, 0.25) is 0 Å². The van der Waals surface area contributed by atoms with Gasteiger partial charge in [-0.1, -0.05) is 0 Å². The summed E-state index contributed by atoms with van der Waals surface area (Å²) in [7, 11) is 4.51. The van der Waals surface area contributed by atoms with Crippen LogP contribution in [0.25, 0.3) is 0 Å². The van der Waals surface area contributed by atoms with E-state index in [2.05, 4.69) is 15.6 Å². The molecule has 0 saturated carbocycles. The van der Waals surface area contributed by atoms with Gasteiger partial charge in [0.1, 0.15) is 0 Å². The maximum Gasteiger partial charge on any atom is 0.258 e. The molecule has 2 rings (SSSR count). The summed E-state index contributed by atoms with van der Waals surface area (Å²) in [6, 6.07) is 7.00. The van der Waals surface area contributed by atoms with Gasteiger partial charge in [0, 0.05) is 12.1 Å². The van der Waals surface area contributed by atoms with Gasteiger partial charge in [-0.2, -0.15) is 0 Å². The van der Waals surface area contributed by atoms with Crippen molar-refractivity contribution in [2.45, 2.75) is 6.92 Å². The predicted octanol–water partition coefficient (Wildman–Crippen LogP) is 2.99. The van der Waals surface area contributed by atoms with Crippen LogP contribution in [0.15, 0.2) is 34.6 Å². The Kier molecular flexibility index (Phi) is 6.64. The number of nitrogens with one attached hydrogen (secondary N) is 2. The molecule has 1 aromatic carbocycles. The second kappa shape index (κ2) is 8.93. The summed E-state index contributed by atoms with van der Waals surface area (Å²) in [4.78, 5) is 16.9. The molecule has 0 unspecified atom stereocenters. The van der Waals surface area contributed by atoms with Crippen LogP contribution in [0.5, 0.6) is 17.2 Å². The summed E-state index contributed by atoms with van der Waals surface area (Å²) >= 11 is 1.52. The largest absolute Gasteiger partial charge is 0.493 e. The van der Waals surface area contributed by atoms with Crippen molar-refractivity contribution in [3.63, 3.8) is 0 Å². The van der Waals surface area contributed by atoms with E-state index in [4.69, 9.17) is 14.2 Å². The Hall–Kier alpha value is -2.74. The van der Waals surface area contributed by atoms with Gasteiger partial charge in [-0.05, 0) is 36.6 Å². The van der Waals surface area contributed by atoms with Crippen molar-refractivity contribution in [1.29, 1.82) is 0 Å². The monoisotopic (exact) mass is 363 g/mol. The number of nitrogens with zero attached hydrogens (tertiary/aromatic N) is 1. The highest BCUT2D eigenvalue weighted by molar-refractivity contribution is 7.14. The van der Waals surface area contributed by atoms with Gasteiger partial charge in [-0.3, -0.25) is 15.1 Å². The molecule has 0 aliphatic carbocycles. The number of ether oxygens (including phenoxy) is 3. The highest BCUT2D eigenvalue weighted by Gasteiger charge is 2.18. The minimum Gasteiger partial charge on any atom is -0.493 e. The zero-order chi connectivity index (χ0) is 18.2. The van der Waals surface area contributed by atoms with Crippen molar-refractivity contribution in [3.8, 4) is 17.2 Å². The zero-order valence-electron chi connectivity index (χ0n) is 14.6. The Morgan fingerprint density at radius 1 is 1.16 bits per heavy atom. The number of aliphatic imine (C=N–C) groups is 1. The maximum atomic E-state index is 12.6. The second-order valence-corrected chi connectivity index (χ2v) is 5.74. The number of amides is 1. The molecule has 0 atom stereocenters. The number of hydrogen-bond donors (Lipinski definition) is 2. The molecule has 2 aromatic rings. The molecule has 0 fully saturated rings. The highest BCUT2D eigenvalue weighted by atomic mass is 32.1. The van der Waals surface area contributed by atoms with Crippen LogP contribution in [0, 0.1) is 0 Å². The Labute approximate surface area is 150 Å². The van der Waals surface area contributed by atoms with Crippen LogP contribution in [-0.2, 0) is 0 Å². The van der Waals surface area contributed by atoms with E-state index in [1.165, 1.54) is 32.7 Å². The van der Waals surface area contributed by atoms with Crippen molar-refractivity contribution in [2.75, 3.05) is 33.2 Å². The lowest BCUT2D eigenvalue weighted by molar-refractivity contribution is 0.0976. The standard InChI is InChI=1S/C17H21N3O4S/c1-5-18-17(19-14-7-6-8-25-14)20-16(21)11-9-12(22-2)15(24-4)13(10-11)23-3/h6-10H,5H2,1-4H3,(H2,18,19,20,21). The minimum atomic E-state index is -0.337. The molecule has 1 heterocycles. The summed E-state index contributed by atoms with van der Waals surface area (Å²) in [6.45, 7) is 2.42.